The minimum Gasteiger partial charge on any atom is -0.508 e. The number of hydrogen-bond acceptors (Lipinski definition) is 4. The number of carbonyl (C=O) groups excluding carboxylic acids is 1. The third kappa shape index (κ3) is 3.76. The molecule has 24 heavy (non-hydrogen) atoms. The number of H-pyrrole nitrogens is 1. The highest BCUT2D eigenvalue weighted by molar-refractivity contribution is 5.93. The summed E-state index contributed by atoms with van der Waals surface area (Å²) in [5, 5.41) is 16.4. The Balaban J connectivity index is 1.70. The fourth-order valence-corrected chi connectivity index (χ4v) is 2.98. The van der Waals surface area contributed by atoms with Crippen LogP contribution in [-0.2, 0) is 4.74 Å². The number of nitrogens with one attached hydrogen (secondary N) is 1. The first-order valence-electron chi connectivity index (χ1n) is 8.39. The van der Waals surface area contributed by atoms with Crippen molar-refractivity contribution in [3.8, 4) is 17.0 Å². The average Bonchev–Trinajstić information content (AvgIpc) is 3.10. The Hall–Kier alpha value is -2.34. The van der Waals surface area contributed by atoms with Gasteiger partial charge in [-0.25, -0.2) is 0 Å². The van der Waals surface area contributed by atoms with Crippen LogP contribution in [0.25, 0.3) is 11.3 Å². The number of phenolic OH excluding ortho intramolecular Hbond substituents is 1. The summed E-state index contributed by atoms with van der Waals surface area (Å²) in [5.41, 5.74) is 2.04. The van der Waals surface area contributed by atoms with Crippen molar-refractivity contribution in [3.63, 3.8) is 0 Å². The largest absolute Gasteiger partial charge is 0.508 e. The van der Waals surface area contributed by atoms with E-state index in [4.69, 9.17) is 4.74 Å². The van der Waals surface area contributed by atoms with E-state index in [-0.39, 0.29) is 11.7 Å². The molecule has 128 valence electrons. The minimum atomic E-state index is -0.0264. The lowest BCUT2D eigenvalue weighted by atomic mass is 9.99. The molecule has 0 atom stereocenters. The lowest BCUT2D eigenvalue weighted by Crippen LogP contribution is -2.37. The molecule has 3 rings (SSSR count). The molecule has 0 radical (unpaired) electrons. The SMILES string of the molecule is CCN(CC1CCOCC1)C(=O)c1cc(-c2ccc(O)cc2)n[nH]1. The molecular formula is C18H23N3O3. The highest BCUT2D eigenvalue weighted by Crippen LogP contribution is 2.22. The number of ether oxygens (including phenoxy) is 1. The van der Waals surface area contributed by atoms with Gasteiger partial charge in [-0.3, -0.25) is 9.89 Å². The molecule has 0 aliphatic carbocycles. The number of benzene rings is 1. The van der Waals surface area contributed by atoms with Crippen LogP contribution >= 0.6 is 0 Å². The number of carbonyl (C=O) groups is 1. The summed E-state index contributed by atoms with van der Waals surface area (Å²) >= 11 is 0. The molecule has 1 aliphatic heterocycles. The zero-order valence-corrected chi connectivity index (χ0v) is 13.9. The van der Waals surface area contributed by atoms with Crippen molar-refractivity contribution in [3.05, 3.63) is 36.0 Å². The summed E-state index contributed by atoms with van der Waals surface area (Å²) in [4.78, 5) is 14.6. The number of aromatic amines is 1. The Kier molecular flexibility index (Phi) is 5.15. The average molecular weight is 329 g/mol. The highest BCUT2D eigenvalue weighted by Gasteiger charge is 2.22. The fraction of sp³-hybridized carbons (Fsp3) is 0.444. The van der Waals surface area contributed by atoms with Gasteiger partial charge >= 0.3 is 0 Å². The minimum absolute atomic E-state index is 0.0264. The smallest absolute Gasteiger partial charge is 0.271 e. The molecule has 0 bridgehead atoms. The van der Waals surface area contributed by atoms with Crippen molar-refractivity contribution in [1.29, 1.82) is 0 Å². The van der Waals surface area contributed by atoms with Gasteiger partial charge in [0.2, 0.25) is 0 Å². The summed E-state index contributed by atoms with van der Waals surface area (Å²) in [5.74, 6) is 0.683. The predicted octanol–water partition coefficient (Wildman–Crippen LogP) is 2.67. The van der Waals surface area contributed by atoms with Gasteiger partial charge in [-0.05, 0) is 56.0 Å². The lowest BCUT2D eigenvalue weighted by molar-refractivity contribution is 0.0464. The summed E-state index contributed by atoms with van der Waals surface area (Å²) in [6.45, 7) is 4.99. The Morgan fingerprint density at radius 1 is 1.33 bits per heavy atom. The maximum atomic E-state index is 12.7. The second kappa shape index (κ2) is 7.49. The quantitative estimate of drug-likeness (QED) is 0.884. The van der Waals surface area contributed by atoms with Crippen molar-refractivity contribution < 1.29 is 14.6 Å². The first-order chi connectivity index (χ1) is 11.7. The Labute approximate surface area is 141 Å². The Morgan fingerprint density at radius 3 is 2.71 bits per heavy atom. The number of rotatable bonds is 5. The van der Waals surface area contributed by atoms with Gasteiger partial charge in [0.25, 0.3) is 5.91 Å². The molecule has 2 N–H and O–H groups in total. The van der Waals surface area contributed by atoms with E-state index in [0.29, 0.717) is 23.9 Å². The van der Waals surface area contributed by atoms with E-state index in [2.05, 4.69) is 10.2 Å². The number of aromatic hydroxyl groups is 1. The molecule has 2 heterocycles. The first-order valence-corrected chi connectivity index (χ1v) is 8.39. The van der Waals surface area contributed by atoms with Crippen molar-refractivity contribution in [2.75, 3.05) is 26.3 Å². The van der Waals surface area contributed by atoms with E-state index in [9.17, 15) is 9.90 Å². The van der Waals surface area contributed by atoms with Crippen molar-refractivity contribution in [1.82, 2.24) is 15.1 Å². The van der Waals surface area contributed by atoms with Crippen LogP contribution in [0, 0.1) is 5.92 Å². The van der Waals surface area contributed by atoms with Gasteiger partial charge in [-0.15, -0.1) is 0 Å². The molecule has 2 aromatic rings. The van der Waals surface area contributed by atoms with Crippen molar-refractivity contribution in [2.24, 2.45) is 5.92 Å². The number of nitrogens with zero attached hydrogens (tertiary/aromatic N) is 2. The third-order valence-corrected chi connectivity index (χ3v) is 4.46. The number of hydrogen-bond donors (Lipinski definition) is 2. The molecular weight excluding hydrogens is 306 g/mol. The van der Waals surface area contributed by atoms with Crippen LogP contribution < -0.4 is 0 Å². The number of phenols is 1. The summed E-state index contributed by atoms with van der Waals surface area (Å²) in [6, 6.07) is 8.53. The first kappa shape index (κ1) is 16.5. The lowest BCUT2D eigenvalue weighted by Gasteiger charge is -2.28. The molecule has 1 saturated heterocycles. The van der Waals surface area contributed by atoms with Crippen LogP contribution in [0.5, 0.6) is 5.75 Å². The third-order valence-electron chi connectivity index (χ3n) is 4.46. The predicted molar refractivity (Wildman–Crippen MR) is 90.8 cm³/mol. The van der Waals surface area contributed by atoms with E-state index in [1.165, 1.54) is 0 Å². The molecule has 1 amide bonds. The molecule has 1 aromatic carbocycles. The summed E-state index contributed by atoms with van der Waals surface area (Å²) < 4.78 is 5.38. The maximum Gasteiger partial charge on any atom is 0.271 e. The molecule has 1 aromatic heterocycles. The topological polar surface area (TPSA) is 78.4 Å². The highest BCUT2D eigenvalue weighted by atomic mass is 16.5. The van der Waals surface area contributed by atoms with Gasteiger partial charge in [0.05, 0.1) is 5.69 Å². The van der Waals surface area contributed by atoms with E-state index in [0.717, 1.165) is 38.2 Å². The Bertz CT molecular complexity index is 675. The van der Waals surface area contributed by atoms with Crippen LogP contribution in [-0.4, -0.2) is 52.4 Å². The van der Waals surface area contributed by atoms with Gasteiger partial charge in [0.1, 0.15) is 11.4 Å². The summed E-state index contributed by atoms with van der Waals surface area (Å²) in [6.07, 6.45) is 2.01. The van der Waals surface area contributed by atoms with E-state index in [1.54, 1.807) is 30.3 Å². The normalized spacial score (nSPS) is 15.4. The molecule has 0 saturated carbocycles. The molecule has 6 heteroatoms. The maximum absolute atomic E-state index is 12.7. The van der Waals surface area contributed by atoms with Gasteiger partial charge in [0.15, 0.2) is 0 Å². The van der Waals surface area contributed by atoms with Gasteiger partial charge in [-0.1, -0.05) is 0 Å². The van der Waals surface area contributed by atoms with E-state index in [1.807, 2.05) is 11.8 Å². The van der Waals surface area contributed by atoms with Crippen LogP contribution in [0.1, 0.15) is 30.3 Å². The van der Waals surface area contributed by atoms with Crippen LogP contribution in [0.2, 0.25) is 0 Å². The van der Waals surface area contributed by atoms with Crippen molar-refractivity contribution >= 4 is 5.91 Å². The number of aromatic nitrogens is 2. The standard InChI is InChI=1S/C18H23N3O3/c1-2-21(12-13-7-9-24-10-8-13)18(23)17-11-16(19-20-17)14-3-5-15(22)6-4-14/h3-6,11,13,22H,2,7-10,12H2,1H3,(H,19,20). The van der Waals surface area contributed by atoms with Gasteiger partial charge in [0, 0.05) is 31.9 Å². The number of amides is 1. The molecule has 1 aliphatic rings. The zero-order chi connectivity index (χ0) is 16.9. The summed E-state index contributed by atoms with van der Waals surface area (Å²) in [7, 11) is 0. The van der Waals surface area contributed by atoms with Crippen molar-refractivity contribution in [2.45, 2.75) is 19.8 Å². The molecule has 6 nitrogen and oxygen atoms in total. The van der Waals surface area contributed by atoms with Gasteiger partial charge in [-0.2, -0.15) is 5.10 Å². The molecule has 1 fully saturated rings. The molecule has 0 spiro atoms. The van der Waals surface area contributed by atoms with Crippen LogP contribution in [0.15, 0.2) is 30.3 Å². The monoisotopic (exact) mass is 329 g/mol. The zero-order valence-electron chi connectivity index (χ0n) is 13.9. The second-order valence-corrected chi connectivity index (χ2v) is 6.11. The molecule has 0 unspecified atom stereocenters. The van der Waals surface area contributed by atoms with E-state index >= 15 is 0 Å². The van der Waals surface area contributed by atoms with E-state index < -0.39 is 0 Å². The van der Waals surface area contributed by atoms with Crippen LogP contribution in [0.4, 0.5) is 0 Å². The second-order valence-electron chi connectivity index (χ2n) is 6.11. The van der Waals surface area contributed by atoms with Gasteiger partial charge < -0.3 is 14.7 Å². The Morgan fingerprint density at radius 2 is 2.04 bits per heavy atom. The fourth-order valence-electron chi connectivity index (χ4n) is 2.98. The van der Waals surface area contributed by atoms with Crippen LogP contribution in [0.3, 0.4) is 0 Å².